The molecule has 2 unspecified atom stereocenters. The van der Waals surface area contributed by atoms with Gasteiger partial charge in [-0.2, -0.15) is 0 Å². The number of hydrogen-bond donors (Lipinski definition) is 1. The summed E-state index contributed by atoms with van der Waals surface area (Å²) in [4.78, 5) is 0. The molecule has 2 heteroatoms. The molecule has 2 atom stereocenters. The van der Waals surface area contributed by atoms with Crippen LogP contribution in [0.5, 0.6) is 5.75 Å². The number of nitrogens with two attached hydrogens (primary N) is 1. The maximum atomic E-state index is 5.84. The number of rotatable bonds is 7. The molecule has 2 nitrogen and oxygen atoms in total. The standard InChI is InChI=1S/C19H25NO/c1-3-21-18-11-7-10-17(14-18)15(2)19(12-13-20)16-8-5-4-6-9-16/h4-11,14-15,19H,3,12-13,20H2,1-2H3. The summed E-state index contributed by atoms with van der Waals surface area (Å²) in [5.41, 5.74) is 8.50. The largest absolute Gasteiger partial charge is 0.494 e. The van der Waals surface area contributed by atoms with Crippen LogP contribution in [-0.4, -0.2) is 13.2 Å². The Balaban J connectivity index is 2.26. The Morgan fingerprint density at radius 2 is 1.71 bits per heavy atom. The minimum absolute atomic E-state index is 0.413. The second kappa shape index (κ2) is 7.84. The zero-order chi connectivity index (χ0) is 15.1. The van der Waals surface area contributed by atoms with Crippen molar-refractivity contribution in [2.75, 3.05) is 13.2 Å². The van der Waals surface area contributed by atoms with Gasteiger partial charge in [-0.3, -0.25) is 0 Å². The Morgan fingerprint density at radius 1 is 1.00 bits per heavy atom. The van der Waals surface area contributed by atoms with Gasteiger partial charge in [0.1, 0.15) is 5.75 Å². The first kappa shape index (κ1) is 15.6. The Hall–Kier alpha value is -1.80. The Bertz CT molecular complexity index is 538. The van der Waals surface area contributed by atoms with Crippen LogP contribution in [0.15, 0.2) is 54.6 Å². The van der Waals surface area contributed by atoms with Gasteiger partial charge in [0.2, 0.25) is 0 Å². The van der Waals surface area contributed by atoms with Crippen molar-refractivity contribution < 1.29 is 4.74 Å². The molecule has 0 radical (unpaired) electrons. The van der Waals surface area contributed by atoms with E-state index in [2.05, 4.69) is 55.5 Å². The summed E-state index contributed by atoms with van der Waals surface area (Å²) in [7, 11) is 0. The SMILES string of the molecule is CCOc1cccc(C(C)C(CCN)c2ccccc2)c1. The molecule has 0 bridgehead atoms. The van der Waals surface area contributed by atoms with Gasteiger partial charge >= 0.3 is 0 Å². The van der Waals surface area contributed by atoms with Crippen molar-refractivity contribution in [2.24, 2.45) is 5.73 Å². The minimum atomic E-state index is 0.413. The van der Waals surface area contributed by atoms with Crippen molar-refractivity contribution in [1.29, 1.82) is 0 Å². The third-order valence-corrected chi connectivity index (χ3v) is 4.00. The summed E-state index contributed by atoms with van der Waals surface area (Å²) < 4.78 is 5.62. The molecular formula is C19H25NO. The topological polar surface area (TPSA) is 35.2 Å². The van der Waals surface area contributed by atoms with Crippen LogP contribution >= 0.6 is 0 Å². The molecule has 2 aromatic rings. The summed E-state index contributed by atoms with van der Waals surface area (Å²) in [5, 5.41) is 0. The van der Waals surface area contributed by atoms with E-state index in [0.717, 1.165) is 12.2 Å². The van der Waals surface area contributed by atoms with Crippen molar-refractivity contribution in [3.05, 3.63) is 65.7 Å². The molecule has 2 rings (SSSR count). The average Bonchev–Trinajstić information content (AvgIpc) is 2.53. The van der Waals surface area contributed by atoms with E-state index in [0.29, 0.717) is 25.0 Å². The van der Waals surface area contributed by atoms with Crippen LogP contribution in [0.4, 0.5) is 0 Å². The predicted octanol–water partition coefficient (Wildman–Crippen LogP) is 4.32. The van der Waals surface area contributed by atoms with Crippen molar-refractivity contribution in [1.82, 2.24) is 0 Å². The molecule has 0 spiro atoms. The predicted molar refractivity (Wildman–Crippen MR) is 88.9 cm³/mol. The third-order valence-electron chi connectivity index (χ3n) is 4.00. The highest BCUT2D eigenvalue weighted by Gasteiger charge is 2.20. The van der Waals surface area contributed by atoms with Crippen molar-refractivity contribution in [3.8, 4) is 5.75 Å². The molecule has 0 amide bonds. The van der Waals surface area contributed by atoms with Crippen molar-refractivity contribution >= 4 is 0 Å². The first-order chi connectivity index (χ1) is 10.3. The van der Waals surface area contributed by atoms with Crippen LogP contribution in [0, 0.1) is 0 Å². The van der Waals surface area contributed by atoms with E-state index >= 15 is 0 Å². The Labute approximate surface area is 127 Å². The average molecular weight is 283 g/mol. The van der Waals surface area contributed by atoms with Gasteiger partial charge in [0, 0.05) is 0 Å². The Kier molecular flexibility index (Phi) is 5.82. The molecule has 0 aliphatic rings. The van der Waals surface area contributed by atoms with Crippen LogP contribution < -0.4 is 10.5 Å². The lowest BCUT2D eigenvalue weighted by atomic mass is 9.80. The van der Waals surface area contributed by atoms with E-state index in [-0.39, 0.29) is 0 Å². The van der Waals surface area contributed by atoms with E-state index in [1.54, 1.807) is 0 Å². The van der Waals surface area contributed by atoms with Gasteiger partial charge in [0.05, 0.1) is 6.61 Å². The lowest BCUT2D eigenvalue weighted by Gasteiger charge is -2.25. The van der Waals surface area contributed by atoms with Gasteiger partial charge in [-0.05, 0) is 55.0 Å². The fourth-order valence-electron chi connectivity index (χ4n) is 2.87. The van der Waals surface area contributed by atoms with Gasteiger partial charge in [-0.1, -0.05) is 49.4 Å². The van der Waals surface area contributed by atoms with Crippen molar-refractivity contribution in [2.45, 2.75) is 32.1 Å². The van der Waals surface area contributed by atoms with E-state index in [9.17, 15) is 0 Å². The molecule has 0 saturated heterocycles. The summed E-state index contributed by atoms with van der Waals surface area (Å²) in [6, 6.07) is 19.1. The Morgan fingerprint density at radius 3 is 2.38 bits per heavy atom. The molecule has 0 aliphatic carbocycles. The highest BCUT2D eigenvalue weighted by atomic mass is 16.5. The molecule has 112 valence electrons. The number of benzene rings is 2. The summed E-state index contributed by atoms with van der Waals surface area (Å²) in [6.45, 7) is 5.69. The molecule has 0 aromatic heterocycles. The molecule has 0 fully saturated rings. The van der Waals surface area contributed by atoms with Crippen LogP contribution in [-0.2, 0) is 0 Å². The van der Waals surface area contributed by atoms with Crippen molar-refractivity contribution in [3.63, 3.8) is 0 Å². The van der Waals surface area contributed by atoms with Gasteiger partial charge in [-0.15, -0.1) is 0 Å². The fourth-order valence-corrected chi connectivity index (χ4v) is 2.87. The monoisotopic (exact) mass is 283 g/mol. The fraction of sp³-hybridized carbons (Fsp3) is 0.368. The van der Waals surface area contributed by atoms with E-state index in [4.69, 9.17) is 10.5 Å². The second-order valence-electron chi connectivity index (χ2n) is 5.39. The first-order valence-electron chi connectivity index (χ1n) is 7.74. The number of ether oxygens (including phenoxy) is 1. The molecule has 21 heavy (non-hydrogen) atoms. The molecular weight excluding hydrogens is 258 g/mol. The van der Waals surface area contributed by atoms with Crippen LogP contribution in [0.25, 0.3) is 0 Å². The maximum Gasteiger partial charge on any atom is 0.119 e. The molecule has 0 aliphatic heterocycles. The molecule has 0 saturated carbocycles. The van der Waals surface area contributed by atoms with E-state index in [1.807, 2.05) is 13.0 Å². The highest BCUT2D eigenvalue weighted by molar-refractivity contribution is 5.34. The first-order valence-corrected chi connectivity index (χ1v) is 7.74. The maximum absolute atomic E-state index is 5.84. The van der Waals surface area contributed by atoms with Crippen LogP contribution in [0.1, 0.15) is 43.2 Å². The highest BCUT2D eigenvalue weighted by Crippen LogP contribution is 2.36. The molecule has 2 aromatic carbocycles. The molecule has 2 N–H and O–H groups in total. The van der Waals surface area contributed by atoms with Gasteiger partial charge < -0.3 is 10.5 Å². The number of hydrogen-bond acceptors (Lipinski definition) is 2. The quantitative estimate of drug-likeness (QED) is 0.821. The van der Waals surface area contributed by atoms with Crippen LogP contribution in [0.3, 0.4) is 0 Å². The zero-order valence-corrected chi connectivity index (χ0v) is 13.0. The smallest absolute Gasteiger partial charge is 0.119 e. The summed E-state index contributed by atoms with van der Waals surface area (Å²) in [6.07, 6.45) is 0.990. The van der Waals surface area contributed by atoms with Gasteiger partial charge in [0.25, 0.3) is 0 Å². The zero-order valence-electron chi connectivity index (χ0n) is 13.0. The summed E-state index contributed by atoms with van der Waals surface area (Å²) >= 11 is 0. The van der Waals surface area contributed by atoms with E-state index in [1.165, 1.54) is 11.1 Å². The molecule has 0 heterocycles. The lowest BCUT2D eigenvalue weighted by Crippen LogP contribution is -2.13. The minimum Gasteiger partial charge on any atom is -0.494 e. The third kappa shape index (κ3) is 4.08. The summed E-state index contributed by atoms with van der Waals surface area (Å²) in [5.74, 6) is 1.80. The van der Waals surface area contributed by atoms with Crippen LogP contribution in [0.2, 0.25) is 0 Å². The second-order valence-corrected chi connectivity index (χ2v) is 5.39. The van der Waals surface area contributed by atoms with E-state index < -0.39 is 0 Å². The van der Waals surface area contributed by atoms with Gasteiger partial charge in [0.15, 0.2) is 0 Å². The normalized spacial score (nSPS) is 13.7. The lowest BCUT2D eigenvalue weighted by molar-refractivity contribution is 0.339. The van der Waals surface area contributed by atoms with Gasteiger partial charge in [-0.25, -0.2) is 0 Å².